The first-order valence-electron chi connectivity index (χ1n) is 18.9. The largest absolute Gasteiger partial charge is 0.477 e. The van der Waals surface area contributed by atoms with Gasteiger partial charge in [-0.2, -0.15) is 0 Å². The van der Waals surface area contributed by atoms with Crippen molar-refractivity contribution in [2.45, 2.75) is 59.4 Å². The van der Waals surface area contributed by atoms with Crippen LogP contribution in [0, 0.1) is 11.7 Å². The van der Waals surface area contributed by atoms with E-state index in [2.05, 4.69) is 15.6 Å². The Balaban J connectivity index is 0.975. The Morgan fingerprint density at radius 2 is 1.60 bits per heavy atom. The maximum atomic E-state index is 15.3. The van der Waals surface area contributed by atoms with Gasteiger partial charge in [0.25, 0.3) is 0 Å². The lowest BCUT2D eigenvalue weighted by Crippen LogP contribution is -2.49. The fourth-order valence-electron chi connectivity index (χ4n) is 6.57. The molecule has 1 fully saturated rings. The number of fused-ring (bicyclic) bond motifs is 1. The molecule has 3 amide bonds. The van der Waals surface area contributed by atoms with Crippen molar-refractivity contribution < 1.29 is 38.1 Å². The van der Waals surface area contributed by atoms with Crippen LogP contribution in [0.3, 0.4) is 0 Å². The summed E-state index contributed by atoms with van der Waals surface area (Å²) in [6.45, 7) is 9.24. The van der Waals surface area contributed by atoms with Gasteiger partial charge in [0.1, 0.15) is 29.6 Å². The number of pyridine rings is 1. The third-order valence-electron chi connectivity index (χ3n) is 9.95. The molecule has 0 radical (unpaired) electrons. The zero-order valence-electron chi connectivity index (χ0n) is 32.6. The molecule has 1 aliphatic heterocycles. The number of alkyl carbamates (subject to hydrolysis) is 1. The average Bonchev–Trinajstić information content (AvgIpc) is 3.71. The first-order chi connectivity index (χ1) is 27.8. The molecule has 2 atom stereocenters. The van der Waals surface area contributed by atoms with E-state index in [9.17, 15) is 29.1 Å². The number of carboxylic acid groups (broad SMARTS) is 1. The predicted octanol–water partition coefficient (Wildman–Crippen LogP) is 7.14. The Kier molecular flexibility index (Phi) is 13.1. The summed E-state index contributed by atoms with van der Waals surface area (Å²) in [4.78, 5) is 71.6. The van der Waals surface area contributed by atoms with Crippen molar-refractivity contribution in [1.29, 1.82) is 0 Å². The van der Waals surface area contributed by atoms with Crippen molar-refractivity contribution >= 4 is 57.7 Å². The molecule has 0 saturated carbocycles. The normalized spacial score (nSPS) is 13.9. The van der Waals surface area contributed by atoms with Crippen molar-refractivity contribution in [2.24, 2.45) is 5.92 Å². The van der Waals surface area contributed by atoms with Gasteiger partial charge in [-0.15, -0.1) is 11.3 Å². The number of benzene rings is 3. The van der Waals surface area contributed by atoms with E-state index in [0.717, 1.165) is 16.5 Å². The fourth-order valence-corrected chi connectivity index (χ4v) is 7.77. The Morgan fingerprint density at radius 1 is 0.931 bits per heavy atom. The van der Waals surface area contributed by atoms with Crippen LogP contribution >= 0.6 is 11.3 Å². The van der Waals surface area contributed by atoms with E-state index in [0.29, 0.717) is 41.4 Å². The smallest absolute Gasteiger partial charge is 0.410 e. The van der Waals surface area contributed by atoms with Crippen LogP contribution in [-0.2, 0) is 34.0 Å². The van der Waals surface area contributed by atoms with Gasteiger partial charge >= 0.3 is 18.2 Å². The summed E-state index contributed by atoms with van der Waals surface area (Å²) in [5, 5.41) is 15.8. The van der Waals surface area contributed by atoms with Crippen LogP contribution in [0.4, 0.5) is 25.4 Å². The van der Waals surface area contributed by atoms with Gasteiger partial charge in [-0.3, -0.25) is 9.59 Å². The molecule has 16 heteroatoms. The number of nitrogens with one attached hydrogen (secondary N) is 2. The molecule has 0 spiro atoms. The highest BCUT2D eigenvalue weighted by molar-refractivity contribution is 7.11. The van der Waals surface area contributed by atoms with Gasteiger partial charge in [-0.25, -0.2) is 23.8 Å². The van der Waals surface area contributed by atoms with Crippen LogP contribution in [-0.4, -0.2) is 69.8 Å². The van der Waals surface area contributed by atoms with Crippen LogP contribution in [0.15, 0.2) is 83.9 Å². The van der Waals surface area contributed by atoms with Gasteiger partial charge in [-0.05, 0) is 55.2 Å². The highest BCUT2D eigenvalue weighted by Gasteiger charge is 2.27. The number of aromatic nitrogens is 2. The molecule has 2 aromatic heterocycles. The molecule has 58 heavy (non-hydrogen) atoms. The summed E-state index contributed by atoms with van der Waals surface area (Å²) in [6, 6.07) is 18.6. The van der Waals surface area contributed by atoms with Crippen LogP contribution in [0.2, 0.25) is 0 Å². The number of carboxylic acids is 1. The number of nitrogens with zero attached hydrogens (tertiary/aromatic N) is 4. The SMILES string of the molecule is CCn1cc(C(=O)O)c(=O)c2cc(F)c(N3CCN(C(=O)OCc4ccc(NC(=O)[C@H](C)c5ncc(C(NC(=O)OCc6ccccc6)C(C)C)s5)cc4)CC3)cc21. The zero-order valence-corrected chi connectivity index (χ0v) is 33.4. The van der Waals surface area contributed by atoms with Gasteiger partial charge in [0.15, 0.2) is 0 Å². The lowest BCUT2D eigenvalue weighted by atomic mass is 10.0. The number of aromatic carboxylic acids is 1. The third kappa shape index (κ3) is 9.62. The van der Waals surface area contributed by atoms with Gasteiger partial charge in [0, 0.05) is 61.1 Å². The fraction of sp³-hybridized carbons (Fsp3) is 0.333. The Hall–Kier alpha value is -6.29. The van der Waals surface area contributed by atoms with E-state index in [1.807, 2.05) is 44.2 Å². The monoisotopic (exact) mass is 812 g/mol. The van der Waals surface area contributed by atoms with E-state index >= 15 is 4.39 Å². The second-order valence-corrected chi connectivity index (χ2v) is 15.3. The number of ether oxygens (including phenoxy) is 2. The molecule has 1 unspecified atom stereocenters. The predicted molar refractivity (Wildman–Crippen MR) is 218 cm³/mol. The van der Waals surface area contributed by atoms with E-state index in [1.54, 1.807) is 59.8 Å². The van der Waals surface area contributed by atoms with Crippen molar-refractivity contribution in [3.8, 4) is 0 Å². The third-order valence-corrected chi connectivity index (χ3v) is 11.2. The van der Waals surface area contributed by atoms with Crippen LogP contribution in [0.5, 0.6) is 0 Å². The van der Waals surface area contributed by atoms with Crippen LogP contribution in [0.25, 0.3) is 10.9 Å². The van der Waals surface area contributed by atoms with Gasteiger partial charge in [0.05, 0.1) is 23.2 Å². The Morgan fingerprint density at radius 3 is 2.26 bits per heavy atom. The van der Waals surface area contributed by atoms with Crippen LogP contribution in [0.1, 0.15) is 71.0 Å². The summed E-state index contributed by atoms with van der Waals surface area (Å²) in [7, 11) is 0. The van der Waals surface area contributed by atoms with Crippen molar-refractivity contribution in [3.63, 3.8) is 0 Å². The molecule has 1 saturated heterocycles. The molecule has 14 nitrogen and oxygen atoms in total. The Bertz CT molecular complexity index is 2340. The molecular formula is C42H45FN6O8S. The molecule has 3 aromatic carbocycles. The summed E-state index contributed by atoms with van der Waals surface area (Å²) in [6.07, 6.45) is 1.89. The number of carbonyl (C=O) groups is 4. The average molecular weight is 813 g/mol. The number of aryl methyl sites for hydroxylation is 1. The zero-order chi connectivity index (χ0) is 41.5. The minimum atomic E-state index is -1.37. The molecule has 5 aromatic rings. The lowest BCUT2D eigenvalue weighted by Gasteiger charge is -2.35. The maximum absolute atomic E-state index is 15.3. The second-order valence-electron chi connectivity index (χ2n) is 14.2. The quantitative estimate of drug-likeness (QED) is 0.111. The first-order valence-corrected chi connectivity index (χ1v) is 19.7. The van der Waals surface area contributed by atoms with Crippen LogP contribution < -0.4 is 21.0 Å². The highest BCUT2D eigenvalue weighted by atomic mass is 32.1. The second kappa shape index (κ2) is 18.3. The van der Waals surface area contributed by atoms with Gasteiger partial charge in [-0.1, -0.05) is 56.3 Å². The summed E-state index contributed by atoms with van der Waals surface area (Å²) in [5.74, 6) is -2.81. The first kappa shape index (κ1) is 41.3. The van der Waals surface area contributed by atoms with E-state index < -0.39 is 40.9 Å². The number of amides is 3. The van der Waals surface area contributed by atoms with Crippen molar-refractivity contribution in [3.05, 3.63) is 122 Å². The number of carbonyl (C=O) groups excluding carboxylic acids is 3. The summed E-state index contributed by atoms with van der Waals surface area (Å²) >= 11 is 1.36. The van der Waals surface area contributed by atoms with E-state index in [1.165, 1.54) is 22.4 Å². The van der Waals surface area contributed by atoms with Gasteiger partial charge < -0.3 is 39.6 Å². The number of hydrogen-bond donors (Lipinski definition) is 3. The number of anilines is 2. The maximum Gasteiger partial charge on any atom is 0.410 e. The molecule has 3 N–H and O–H groups in total. The molecule has 1 aliphatic rings. The molecular weight excluding hydrogens is 768 g/mol. The summed E-state index contributed by atoms with van der Waals surface area (Å²) in [5.41, 5.74) is 1.67. The standard InChI is InChI=1S/C42H45FN6O8S/c1-5-47-22-31(40(52)53)37(50)30-19-32(43)34(20-33(30)47)48-15-17-49(18-16-48)42(55)57-24-28-11-13-29(14-12-28)45-38(51)26(4)39-44-21-35(58-39)36(25(2)3)46-41(54)56-23-27-9-7-6-8-10-27/h6-14,19-22,25-26,36H,5,15-18,23-24H2,1-4H3,(H,45,51)(H,46,54)(H,52,53)/t26-,36?/m0/s1. The molecule has 3 heterocycles. The van der Waals surface area contributed by atoms with E-state index in [-0.39, 0.29) is 55.2 Å². The topological polar surface area (TPSA) is 172 Å². The highest BCUT2D eigenvalue weighted by Crippen LogP contribution is 2.31. The van der Waals surface area contributed by atoms with E-state index in [4.69, 9.17) is 9.47 Å². The number of thiazole rings is 1. The number of piperazine rings is 1. The number of rotatable bonds is 13. The summed E-state index contributed by atoms with van der Waals surface area (Å²) < 4.78 is 27.9. The number of hydrogen-bond acceptors (Lipinski definition) is 10. The molecule has 6 rings (SSSR count). The molecule has 0 aliphatic carbocycles. The van der Waals surface area contributed by atoms with Gasteiger partial charge in [0.2, 0.25) is 11.3 Å². The van der Waals surface area contributed by atoms with Crippen molar-refractivity contribution in [2.75, 3.05) is 36.4 Å². The molecule has 0 bridgehead atoms. The lowest BCUT2D eigenvalue weighted by molar-refractivity contribution is -0.117. The Labute approximate surface area is 338 Å². The minimum absolute atomic E-state index is 0.00258. The number of halogens is 1. The minimum Gasteiger partial charge on any atom is -0.477 e. The van der Waals surface area contributed by atoms with Crippen molar-refractivity contribution in [1.82, 2.24) is 19.8 Å². The molecule has 304 valence electrons.